The Kier molecular flexibility index (Phi) is 5.21. The van der Waals surface area contributed by atoms with Crippen LogP contribution < -0.4 is 24.5 Å². The summed E-state index contributed by atoms with van der Waals surface area (Å²) in [5, 5.41) is 0.370. The molecule has 0 spiro atoms. The van der Waals surface area contributed by atoms with Gasteiger partial charge in [0.2, 0.25) is 5.75 Å². The van der Waals surface area contributed by atoms with Crippen LogP contribution in [0, 0.1) is 0 Å². The Balaban J connectivity index is 2.16. The first kappa shape index (κ1) is 18.6. The van der Waals surface area contributed by atoms with Gasteiger partial charge in [-0.2, -0.15) is 0 Å². The van der Waals surface area contributed by atoms with Crippen molar-refractivity contribution in [1.29, 1.82) is 0 Å². The van der Waals surface area contributed by atoms with Crippen molar-refractivity contribution in [2.45, 2.75) is 20.0 Å². The Labute approximate surface area is 157 Å². The lowest BCUT2D eigenvalue weighted by atomic mass is 10.2. The van der Waals surface area contributed by atoms with E-state index in [2.05, 4.69) is 4.98 Å². The number of hydrogen-bond acceptors (Lipinski definition) is 6. The first-order valence-electron chi connectivity index (χ1n) is 8.47. The molecule has 0 aliphatic heterocycles. The molecule has 3 aromatic rings. The molecule has 0 N–H and O–H groups in total. The summed E-state index contributed by atoms with van der Waals surface area (Å²) in [7, 11) is 4.51. The SMILES string of the molecule is COc1cc2c(=O)n(-c3ccc(OC(C)C)cc3)cnc2c(OC)c1OC. The molecule has 0 saturated heterocycles. The molecule has 0 atom stereocenters. The van der Waals surface area contributed by atoms with E-state index < -0.39 is 0 Å². The van der Waals surface area contributed by atoms with Gasteiger partial charge < -0.3 is 18.9 Å². The van der Waals surface area contributed by atoms with Gasteiger partial charge in [-0.1, -0.05) is 0 Å². The third kappa shape index (κ3) is 3.40. The van der Waals surface area contributed by atoms with Crippen LogP contribution in [-0.2, 0) is 0 Å². The van der Waals surface area contributed by atoms with Gasteiger partial charge in [0.15, 0.2) is 11.5 Å². The van der Waals surface area contributed by atoms with E-state index in [1.807, 2.05) is 38.1 Å². The van der Waals surface area contributed by atoms with Crippen molar-refractivity contribution in [2.75, 3.05) is 21.3 Å². The Hall–Kier alpha value is -3.22. The molecule has 3 rings (SSSR count). The smallest absolute Gasteiger partial charge is 0.266 e. The number of rotatable bonds is 6. The number of benzene rings is 2. The monoisotopic (exact) mass is 370 g/mol. The van der Waals surface area contributed by atoms with Gasteiger partial charge in [0, 0.05) is 0 Å². The third-order valence-electron chi connectivity index (χ3n) is 4.04. The summed E-state index contributed by atoms with van der Waals surface area (Å²) in [6.45, 7) is 3.92. The first-order chi connectivity index (χ1) is 13.0. The Morgan fingerprint density at radius 1 is 0.963 bits per heavy atom. The standard InChI is InChI=1S/C20H22N2O5/c1-12(2)27-14-8-6-13(7-9-14)22-11-21-17-15(20(22)23)10-16(24-3)18(25-4)19(17)26-5/h6-12H,1-5H3. The van der Waals surface area contributed by atoms with E-state index in [9.17, 15) is 4.79 Å². The number of nitrogens with zero attached hydrogens (tertiary/aromatic N) is 2. The van der Waals surface area contributed by atoms with Crippen LogP contribution in [0.1, 0.15) is 13.8 Å². The van der Waals surface area contributed by atoms with Gasteiger partial charge in [-0.3, -0.25) is 9.36 Å². The average molecular weight is 370 g/mol. The number of ether oxygens (including phenoxy) is 4. The molecule has 0 bridgehead atoms. The van der Waals surface area contributed by atoms with Crippen LogP contribution in [0.4, 0.5) is 0 Å². The minimum Gasteiger partial charge on any atom is -0.493 e. The zero-order valence-electron chi connectivity index (χ0n) is 16.0. The summed E-state index contributed by atoms with van der Waals surface area (Å²) in [5.41, 5.74) is 0.854. The van der Waals surface area contributed by atoms with Gasteiger partial charge in [-0.05, 0) is 44.2 Å². The summed E-state index contributed by atoms with van der Waals surface area (Å²) in [4.78, 5) is 17.5. The lowest BCUT2D eigenvalue weighted by molar-refractivity contribution is 0.242. The van der Waals surface area contributed by atoms with E-state index in [0.717, 1.165) is 5.75 Å². The number of aromatic nitrogens is 2. The van der Waals surface area contributed by atoms with Gasteiger partial charge in [0.1, 0.15) is 17.6 Å². The Bertz CT molecular complexity index is 1010. The molecule has 1 aromatic heterocycles. The molecule has 142 valence electrons. The minimum atomic E-state index is -0.239. The number of hydrogen-bond donors (Lipinski definition) is 0. The number of methoxy groups -OCH3 is 3. The van der Waals surface area contributed by atoms with E-state index in [1.165, 1.54) is 32.2 Å². The summed E-state index contributed by atoms with van der Waals surface area (Å²) in [5.74, 6) is 1.90. The summed E-state index contributed by atoms with van der Waals surface area (Å²) >= 11 is 0. The Morgan fingerprint density at radius 3 is 2.19 bits per heavy atom. The molecule has 0 unspecified atom stereocenters. The molecule has 1 heterocycles. The van der Waals surface area contributed by atoms with Crippen LogP contribution in [0.2, 0.25) is 0 Å². The summed E-state index contributed by atoms with van der Waals surface area (Å²) < 4.78 is 23.2. The second-order valence-corrected chi connectivity index (χ2v) is 6.12. The molecule has 7 nitrogen and oxygen atoms in total. The van der Waals surface area contributed by atoms with Crippen LogP contribution in [0.15, 0.2) is 41.5 Å². The van der Waals surface area contributed by atoms with Gasteiger partial charge >= 0.3 is 0 Å². The maximum absolute atomic E-state index is 13.1. The van der Waals surface area contributed by atoms with Crippen molar-refractivity contribution in [2.24, 2.45) is 0 Å². The zero-order valence-corrected chi connectivity index (χ0v) is 16.0. The van der Waals surface area contributed by atoms with Crippen molar-refractivity contribution >= 4 is 10.9 Å². The molecular formula is C20H22N2O5. The predicted octanol–water partition coefficient (Wildman–Crippen LogP) is 3.20. The maximum atomic E-state index is 13.1. The molecule has 2 aromatic carbocycles. The highest BCUT2D eigenvalue weighted by atomic mass is 16.5. The van der Waals surface area contributed by atoms with Gasteiger partial charge in [0.25, 0.3) is 5.56 Å². The molecule has 27 heavy (non-hydrogen) atoms. The fourth-order valence-electron chi connectivity index (χ4n) is 2.87. The maximum Gasteiger partial charge on any atom is 0.266 e. The van der Waals surface area contributed by atoms with Crippen LogP contribution in [0.25, 0.3) is 16.6 Å². The highest BCUT2D eigenvalue weighted by Crippen LogP contribution is 2.41. The number of fused-ring (bicyclic) bond motifs is 1. The summed E-state index contributed by atoms with van der Waals surface area (Å²) in [6.07, 6.45) is 1.55. The fourth-order valence-corrected chi connectivity index (χ4v) is 2.87. The van der Waals surface area contributed by atoms with Gasteiger partial charge in [-0.15, -0.1) is 0 Å². The molecule has 7 heteroatoms. The largest absolute Gasteiger partial charge is 0.493 e. The Morgan fingerprint density at radius 2 is 1.63 bits per heavy atom. The summed E-state index contributed by atoms with van der Waals surface area (Å²) in [6, 6.07) is 8.87. The van der Waals surface area contributed by atoms with E-state index in [0.29, 0.717) is 33.8 Å². The average Bonchev–Trinajstić information content (AvgIpc) is 2.67. The van der Waals surface area contributed by atoms with Crippen molar-refractivity contribution in [3.05, 3.63) is 47.0 Å². The highest BCUT2D eigenvalue weighted by Gasteiger charge is 2.19. The molecule has 0 radical (unpaired) electrons. The van der Waals surface area contributed by atoms with Crippen molar-refractivity contribution in [1.82, 2.24) is 9.55 Å². The van der Waals surface area contributed by atoms with Crippen LogP contribution >= 0.6 is 0 Å². The van der Waals surface area contributed by atoms with Gasteiger partial charge in [-0.25, -0.2) is 4.98 Å². The molecular weight excluding hydrogens is 348 g/mol. The van der Waals surface area contributed by atoms with Crippen LogP contribution in [0.5, 0.6) is 23.0 Å². The van der Waals surface area contributed by atoms with Gasteiger partial charge in [0.05, 0.1) is 38.5 Å². The van der Waals surface area contributed by atoms with Crippen LogP contribution in [0.3, 0.4) is 0 Å². The van der Waals surface area contributed by atoms with Crippen molar-refractivity contribution in [3.8, 4) is 28.7 Å². The van der Waals surface area contributed by atoms with Crippen LogP contribution in [-0.4, -0.2) is 37.0 Å². The van der Waals surface area contributed by atoms with E-state index in [-0.39, 0.29) is 11.7 Å². The predicted molar refractivity (Wildman–Crippen MR) is 103 cm³/mol. The van der Waals surface area contributed by atoms with Crippen molar-refractivity contribution < 1.29 is 18.9 Å². The van der Waals surface area contributed by atoms with E-state index in [4.69, 9.17) is 18.9 Å². The first-order valence-corrected chi connectivity index (χ1v) is 8.47. The lowest BCUT2D eigenvalue weighted by Crippen LogP contribution is -2.19. The molecule has 0 saturated carbocycles. The third-order valence-corrected chi connectivity index (χ3v) is 4.04. The molecule has 0 amide bonds. The van der Waals surface area contributed by atoms with E-state index >= 15 is 0 Å². The molecule has 0 aliphatic rings. The lowest BCUT2D eigenvalue weighted by Gasteiger charge is -2.15. The van der Waals surface area contributed by atoms with Crippen molar-refractivity contribution in [3.63, 3.8) is 0 Å². The fraction of sp³-hybridized carbons (Fsp3) is 0.300. The quantitative estimate of drug-likeness (QED) is 0.664. The highest BCUT2D eigenvalue weighted by molar-refractivity contribution is 5.89. The van der Waals surface area contributed by atoms with E-state index in [1.54, 1.807) is 6.07 Å². The zero-order chi connectivity index (χ0) is 19.6. The topological polar surface area (TPSA) is 71.8 Å². The second kappa shape index (κ2) is 7.57. The second-order valence-electron chi connectivity index (χ2n) is 6.12. The molecule has 0 fully saturated rings. The molecule has 0 aliphatic carbocycles. The normalized spacial score (nSPS) is 10.9. The minimum absolute atomic E-state index is 0.0795.